The lowest BCUT2D eigenvalue weighted by molar-refractivity contribution is 0.685. The van der Waals surface area contributed by atoms with E-state index in [2.05, 4.69) is 18.2 Å². The van der Waals surface area contributed by atoms with Crippen molar-refractivity contribution in [1.82, 2.24) is 4.90 Å². The number of amidine groups is 1. The molecule has 0 saturated heterocycles. The van der Waals surface area contributed by atoms with E-state index in [0.717, 1.165) is 11.5 Å². The summed E-state index contributed by atoms with van der Waals surface area (Å²) in [4.78, 5) is 6.02. The first-order valence-corrected chi connectivity index (χ1v) is 5.48. The number of hydrogen-bond acceptors (Lipinski definition) is 1. The molecule has 0 aromatic carbocycles. The van der Waals surface area contributed by atoms with Crippen molar-refractivity contribution in [3.63, 3.8) is 0 Å². The summed E-state index contributed by atoms with van der Waals surface area (Å²) in [6.07, 6.45) is 9.28. The van der Waals surface area contributed by atoms with Crippen LogP contribution < -0.4 is 0 Å². The molecule has 0 saturated carbocycles. The zero-order valence-corrected chi connectivity index (χ0v) is 11.2. The molecule has 90 valence electrons. The molecule has 0 N–H and O–H groups in total. The van der Waals surface area contributed by atoms with Crippen LogP contribution in [0.1, 0.15) is 27.7 Å². The number of hydrogen-bond donors (Lipinski definition) is 0. The molecule has 0 aromatic rings. The van der Waals surface area contributed by atoms with Crippen LogP contribution in [0.4, 0.5) is 0 Å². The summed E-state index contributed by atoms with van der Waals surface area (Å²) in [5.41, 5.74) is 1.07. The van der Waals surface area contributed by atoms with E-state index >= 15 is 0 Å². The van der Waals surface area contributed by atoms with Crippen molar-refractivity contribution in [2.24, 2.45) is 4.99 Å². The van der Waals surface area contributed by atoms with Gasteiger partial charge in [0.05, 0.1) is 0 Å². The highest BCUT2D eigenvalue weighted by molar-refractivity contribution is 5.82. The largest absolute Gasteiger partial charge is 0.311 e. The van der Waals surface area contributed by atoms with Crippen LogP contribution >= 0.6 is 0 Å². The maximum absolute atomic E-state index is 4.10. The van der Waals surface area contributed by atoms with Crippen LogP contribution in [-0.2, 0) is 0 Å². The smallest absolute Gasteiger partial charge is 0.104 e. The molecule has 0 aliphatic heterocycles. The minimum atomic E-state index is 0.917. The van der Waals surface area contributed by atoms with Gasteiger partial charge in [0.2, 0.25) is 0 Å². The van der Waals surface area contributed by atoms with Gasteiger partial charge >= 0.3 is 0 Å². The van der Waals surface area contributed by atoms with Gasteiger partial charge in [-0.2, -0.15) is 0 Å². The summed E-state index contributed by atoms with van der Waals surface area (Å²) in [6.45, 7) is 15.3. The molecule has 0 unspecified atom stereocenters. The Morgan fingerprint density at radius 1 is 1.12 bits per heavy atom. The first-order chi connectivity index (χ1) is 7.67. The number of allylic oxidation sites excluding steroid dienone is 5. The number of rotatable bonds is 4. The van der Waals surface area contributed by atoms with Gasteiger partial charge in [-0.15, -0.1) is 0 Å². The van der Waals surface area contributed by atoms with Crippen molar-refractivity contribution in [3.05, 3.63) is 49.4 Å². The molecule has 0 aliphatic carbocycles. The fourth-order valence-corrected chi connectivity index (χ4v) is 0.993. The molecule has 2 heteroatoms. The van der Waals surface area contributed by atoms with Gasteiger partial charge in [0.1, 0.15) is 5.84 Å². The van der Waals surface area contributed by atoms with E-state index < -0.39 is 0 Å². The molecule has 0 rings (SSSR count). The van der Waals surface area contributed by atoms with Crippen molar-refractivity contribution in [3.8, 4) is 0 Å². The Labute approximate surface area is 100 Å². The van der Waals surface area contributed by atoms with E-state index in [-0.39, 0.29) is 0 Å². The molecule has 0 radical (unpaired) electrons. The molecular formula is C14H24N2. The second-order valence-electron chi connectivity index (χ2n) is 2.75. The monoisotopic (exact) mass is 220 g/mol. The van der Waals surface area contributed by atoms with Crippen molar-refractivity contribution in [2.45, 2.75) is 27.7 Å². The second kappa shape index (κ2) is 11.5. The third-order valence-corrected chi connectivity index (χ3v) is 1.82. The molecule has 0 heterocycles. The molecule has 0 amide bonds. The van der Waals surface area contributed by atoms with Crippen LogP contribution in [0.25, 0.3) is 0 Å². The average molecular weight is 220 g/mol. The fourth-order valence-electron chi connectivity index (χ4n) is 0.993. The molecule has 0 spiro atoms. The van der Waals surface area contributed by atoms with Crippen molar-refractivity contribution in [1.29, 1.82) is 0 Å². The van der Waals surface area contributed by atoms with Crippen LogP contribution in [-0.4, -0.2) is 17.8 Å². The number of aliphatic imine (C=N–C) groups is 1. The molecule has 0 aromatic heterocycles. The Kier molecular flexibility index (Phi) is 12.1. The summed E-state index contributed by atoms with van der Waals surface area (Å²) in [5.74, 6) is 0.917. The summed E-state index contributed by atoms with van der Waals surface area (Å²) in [5, 5.41) is 0. The third kappa shape index (κ3) is 6.82. The number of nitrogens with zero attached hydrogens (tertiary/aromatic N) is 2. The molecular weight excluding hydrogens is 196 g/mol. The molecule has 0 aliphatic rings. The van der Waals surface area contributed by atoms with Crippen molar-refractivity contribution in [2.75, 3.05) is 7.05 Å². The second-order valence-corrected chi connectivity index (χ2v) is 2.75. The molecule has 0 fully saturated rings. The van der Waals surface area contributed by atoms with Crippen molar-refractivity contribution < 1.29 is 0 Å². The predicted molar refractivity (Wildman–Crippen MR) is 75.5 cm³/mol. The summed E-state index contributed by atoms with van der Waals surface area (Å²) >= 11 is 0. The fraction of sp³-hybridized carbons (Fsp3) is 0.357. The predicted octanol–water partition coefficient (Wildman–Crippen LogP) is 4.15. The topological polar surface area (TPSA) is 15.6 Å². The summed E-state index contributed by atoms with van der Waals surface area (Å²) < 4.78 is 0. The van der Waals surface area contributed by atoms with Crippen LogP contribution in [0, 0.1) is 0 Å². The van der Waals surface area contributed by atoms with Gasteiger partial charge in [-0.3, -0.25) is 4.99 Å². The normalized spacial score (nSPS) is 11.8. The van der Waals surface area contributed by atoms with E-state index in [4.69, 9.17) is 0 Å². The minimum absolute atomic E-state index is 0.917. The van der Waals surface area contributed by atoms with Crippen molar-refractivity contribution >= 4 is 5.84 Å². The van der Waals surface area contributed by atoms with Gasteiger partial charge in [-0.25, -0.2) is 0 Å². The Hall–Kier alpha value is -1.57. The zero-order valence-electron chi connectivity index (χ0n) is 11.2. The van der Waals surface area contributed by atoms with Gasteiger partial charge in [-0.05, 0) is 19.9 Å². The lowest BCUT2D eigenvalue weighted by Gasteiger charge is -2.19. The Balaban J connectivity index is 0. The molecule has 2 nitrogen and oxygen atoms in total. The molecule has 0 bridgehead atoms. The standard InChI is InChI=1S/C12H18N2.C2H6/c1-6-8-9-10-11(3)14(7-2)12(4)13-5;1-2/h6-10H,1-2H2,3-5H3;1-2H3/b9-8-,11-10+,13-12?;. The molecule has 16 heavy (non-hydrogen) atoms. The Morgan fingerprint density at radius 3 is 2.06 bits per heavy atom. The summed E-state index contributed by atoms with van der Waals surface area (Å²) in [7, 11) is 1.76. The van der Waals surface area contributed by atoms with E-state index in [9.17, 15) is 0 Å². The highest BCUT2D eigenvalue weighted by atomic mass is 15.2. The SMILES string of the molecule is C=C/C=C\C=C(/C)N(C=C)C(C)=NC.CC. The van der Waals surface area contributed by atoms with Gasteiger partial charge < -0.3 is 4.90 Å². The highest BCUT2D eigenvalue weighted by Crippen LogP contribution is 2.05. The van der Waals surface area contributed by atoms with Gasteiger partial charge in [-0.1, -0.05) is 45.2 Å². The van der Waals surface area contributed by atoms with Crippen LogP contribution in [0.3, 0.4) is 0 Å². The van der Waals surface area contributed by atoms with E-state index in [0.29, 0.717) is 0 Å². The first-order valence-electron chi connectivity index (χ1n) is 5.48. The lowest BCUT2D eigenvalue weighted by atomic mass is 10.3. The maximum Gasteiger partial charge on any atom is 0.104 e. The van der Waals surface area contributed by atoms with E-state index in [1.54, 1.807) is 19.3 Å². The summed E-state index contributed by atoms with van der Waals surface area (Å²) in [6, 6.07) is 0. The van der Waals surface area contributed by atoms with E-state index in [1.807, 2.05) is 50.8 Å². The van der Waals surface area contributed by atoms with E-state index in [1.165, 1.54) is 0 Å². The highest BCUT2D eigenvalue weighted by Gasteiger charge is 2.01. The maximum atomic E-state index is 4.10. The first kappa shape index (κ1) is 16.8. The van der Waals surface area contributed by atoms with Gasteiger partial charge in [0, 0.05) is 18.9 Å². The van der Waals surface area contributed by atoms with Crippen LogP contribution in [0.2, 0.25) is 0 Å². The quantitative estimate of drug-likeness (QED) is 0.395. The minimum Gasteiger partial charge on any atom is -0.311 e. The van der Waals surface area contributed by atoms with Gasteiger partial charge in [0.25, 0.3) is 0 Å². The van der Waals surface area contributed by atoms with Crippen LogP contribution in [0.5, 0.6) is 0 Å². The Bertz CT molecular complexity index is 283. The van der Waals surface area contributed by atoms with Crippen LogP contribution in [0.15, 0.2) is 54.4 Å². The third-order valence-electron chi connectivity index (χ3n) is 1.82. The lowest BCUT2D eigenvalue weighted by Crippen LogP contribution is -2.20. The average Bonchev–Trinajstić information content (AvgIpc) is 2.32. The molecule has 0 atom stereocenters. The zero-order chi connectivity index (χ0) is 13.0. The Morgan fingerprint density at radius 2 is 1.69 bits per heavy atom. The van der Waals surface area contributed by atoms with Gasteiger partial charge in [0.15, 0.2) is 0 Å².